The molecule has 0 saturated heterocycles. The molecule has 0 spiro atoms. The van der Waals surface area contributed by atoms with Crippen molar-refractivity contribution in [2.45, 2.75) is 33.4 Å². The zero-order chi connectivity index (χ0) is 19.6. The van der Waals surface area contributed by atoms with Crippen LogP contribution in [0.3, 0.4) is 0 Å². The van der Waals surface area contributed by atoms with Gasteiger partial charge in [0.15, 0.2) is 5.78 Å². The normalized spacial score (nSPS) is 14.8. The molecule has 1 amide bonds. The number of nitrogens with one attached hydrogen (secondary N) is 1. The molecule has 0 aliphatic heterocycles. The number of ketones is 1. The summed E-state index contributed by atoms with van der Waals surface area (Å²) in [4.78, 5) is 52.0. The van der Waals surface area contributed by atoms with Crippen molar-refractivity contribution in [3.63, 3.8) is 0 Å². The number of nitrogens with zero attached hydrogens (tertiary/aromatic N) is 2. The van der Waals surface area contributed by atoms with Crippen LogP contribution in [0.25, 0.3) is 0 Å². The summed E-state index contributed by atoms with van der Waals surface area (Å²) in [5.41, 5.74) is 0.452. The van der Waals surface area contributed by atoms with E-state index >= 15 is 0 Å². The molecule has 1 aliphatic rings. The Bertz CT molecular complexity index is 1020. The highest BCUT2D eigenvalue weighted by Crippen LogP contribution is 2.34. The van der Waals surface area contributed by atoms with Crippen molar-refractivity contribution in [2.24, 2.45) is 10.4 Å². The maximum atomic E-state index is 12.9. The van der Waals surface area contributed by atoms with E-state index in [1.54, 1.807) is 30.3 Å². The average Bonchev–Trinajstić information content (AvgIpc) is 2.62. The Labute approximate surface area is 155 Å². The van der Waals surface area contributed by atoms with E-state index in [9.17, 15) is 19.2 Å². The third-order valence-electron chi connectivity index (χ3n) is 4.55. The highest BCUT2D eigenvalue weighted by atomic mass is 16.2. The molecule has 2 aromatic rings. The zero-order valence-corrected chi connectivity index (χ0v) is 15.1. The van der Waals surface area contributed by atoms with Crippen molar-refractivity contribution in [3.05, 3.63) is 63.6 Å². The smallest absolute Gasteiger partial charge is 0.276 e. The Balaban J connectivity index is 2.10. The minimum absolute atomic E-state index is 0.0169. The minimum Gasteiger partial charge on any atom is -0.317 e. The molecule has 3 rings (SSSR count). The highest BCUT2D eigenvalue weighted by molar-refractivity contribution is 6.05. The summed E-state index contributed by atoms with van der Waals surface area (Å²) in [7, 11) is 0. The van der Waals surface area contributed by atoms with Crippen LogP contribution in [0.5, 0.6) is 0 Å². The van der Waals surface area contributed by atoms with Crippen LogP contribution in [0, 0.1) is 5.41 Å². The van der Waals surface area contributed by atoms with Crippen LogP contribution in [-0.2, 0) is 17.9 Å². The van der Waals surface area contributed by atoms with E-state index in [1.165, 1.54) is 16.7 Å². The number of aromatic nitrogens is 1. The molecule has 27 heavy (non-hydrogen) atoms. The van der Waals surface area contributed by atoms with Crippen molar-refractivity contribution in [1.29, 1.82) is 0 Å². The van der Waals surface area contributed by atoms with Gasteiger partial charge in [0, 0.05) is 23.2 Å². The summed E-state index contributed by atoms with van der Waals surface area (Å²) in [6.45, 7) is 3.64. The van der Waals surface area contributed by atoms with Gasteiger partial charge in [-0.3, -0.25) is 19.0 Å². The molecule has 1 heterocycles. The fourth-order valence-electron chi connectivity index (χ4n) is 3.30. The Kier molecular flexibility index (Phi) is 4.88. The average molecular weight is 365 g/mol. The summed E-state index contributed by atoms with van der Waals surface area (Å²) in [5, 5.41) is 2.57. The van der Waals surface area contributed by atoms with Crippen molar-refractivity contribution in [3.8, 4) is 0 Å². The van der Waals surface area contributed by atoms with Gasteiger partial charge in [0.1, 0.15) is 12.4 Å². The number of amides is 1. The maximum absolute atomic E-state index is 12.9. The van der Waals surface area contributed by atoms with Gasteiger partial charge in [-0.2, -0.15) is 4.99 Å². The van der Waals surface area contributed by atoms with Crippen molar-refractivity contribution in [2.75, 3.05) is 5.32 Å². The van der Waals surface area contributed by atoms with E-state index in [1.807, 2.05) is 13.8 Å². The highest BCUT2D eigenvalue weighted by Gasteiger charge is 2.34. The number of hydrogen-bond donors (Lipinski definition) is 1. The molecular formula is C20H19N3O4. The number of pyridine rings is 1. The molecule has 0 saturated carbocycles. The van der Waals surface area contributed by atoms with Gasteiger partial charge in [-0.25, -0.2) is 4.79 Å². The topological polar surface area (TPSA) is 97.6 Å². The van der Waals surface area contributed by atoms with E-state index in [0.29, 0.717) is 29.7 Å². The number of aliphatic imine (C=N–C) groups is 1. The van der Waals surface area contributed by atoms with E-state index in [-0.39, 0.29) is 23.6 Å². The Morgan fingerprint density at radius 2 is 1.93 bits per heavy atom. The third kappa shape index (κ3) is 3.78. The van der Waals surface area contributed by atoms with Gasteiger partial charge >= 0.3 is 0 Å². The summed E-state index contributed by atoms with van der Waals surface area (Å²) in [5.74, 6) is -0.568. The first kappa shape index (κ1) is 18.5. The van der Waals surface area contributed by atoms with E-state index in [0.717, 1.165) is 0 Å². The SMILES string of the molecule is CC1(C)CC(=O)c2cc(NC(=O)c3ccccc3)c(=O)n(CN=C=O)c2C1. The molecule has 1 aliphatic carbocycles. The number of hydrogen-bond acceptors (Lipinski definition) is 5. The molecule has 1 aromatic carbocycles. The molecule has 0 radical (unpaired) electrons. The second-order valence-corrected chi connectivity index (χ2v) is 7.30. The number of fused-ring (bicyclic) bond motifs is 1. The fraction of sp³-hybridized carbons (Fsp3) is 0.300. The van der Waals surface area contributed by atoms with Gasteiger partial charge in [-0.1, -0.05) is 32.0 Å². The van der Waals surface area contributed by atoms with Gasteiger partial charge in [0.2, 0.25) is 6.08 Å². The van der Waals surface area contributed by atoms with Gasteiger partial charge in [0.25, 0.3) is 11.5 Å². The predicted molar refractivity (Wildman–Crippen MR) is 99.7 cm³/mol. The van der Waals surface area contributed by atoms with E-state index in [4.69, 9.17) is 0 Å². The lowest BCUT2D eigenvalue weighted by molar-refractivity contribution is 0.0906. The molecule has 0 atom stereocenters. The van der Waals surface area contributed by atoms with Crippen molar-refractivity contribution in [1.82, 2.24) is 4.57 Å². The summed E-state index contributed by atoms with van der Waals surface area (Å²) in [6.07, 6.45) is 2.24. The monoisotopic (exact) mass is 365 g/mol. The van der Waals surface area contributed by atoms with Gasteiger partial charge in [0.05, 0.1) is 0 Å². The molecule has 1 aromatic heterocycles. The Morgan fingerprint density at radius 3 is 2.59 bits per heavy atom. The number of anilines is 1. The number of isocyanates is 1. The number of Topliss-reactive ketones (excluding diaryl/α,β-unsaturated/α-hetero) is 1. The van der Waals surface area contributed by atoms with Gasteiger partial charge < -0.3 is 5.32 Å². The van der Waals surface area contributed by atoms with Crippen LogP contribution in [0.1, 0.15) is 46.7 Å². The van der Waals surface area contributed by atoms with Crippen molar-refractivity contribution < 1.29 is 14.4 Å². The van der Waals surface area contributed by atoms with Gasteiger partial charge in [-0.05, 0) is 30.0 Å². The number of benzene rings is 1. The lowest BCUT2D eigenvalue weighted by atomic mass is 9.75. The Hall–Kier alpha value is -3.31. The summed E-state index contributed by atoms with van der Waals surface area (Å²) in [6, 6.07) is 9.87. The number of carbonyl (C=O) groups excluding carboxylic acids is 3. The van der Waals surface area contributed by atoms with Crippen LogP contribution in [0.4, 0.5) is 5.69 Å². The lowest BCUT2D eigenvalue weighted by Gasteiger charge is -2.32. The number of rotatable bonds is 4. The molecule has 0 unspecified atom stereocenters. The van der Waals surface area contributed by atoms with Crippen molar-refractivity contribution >= 4 is 23.5 Å². The first-order chi connectivity index (χ1) is 12.8. The second-order valence-electron chi connectivity index (χ2n) is 7.30. The predicted octanol–water partition coefficient (Wildman–Crippen LogP) is 2.55. The standard InChI is InChI=1S/C20H19N3O4/c1-20(2)9-16-14(17(25)10-20)8-15(19(27)23(16)11-21-12-24)22-18(26)13-6-4-3-5-7-13/h3-8H,9-11H2,1-2H3,(H,22,26). The van der Waals surface area contributed by atoms with Crippen LogP contribution in [0.2, 0.25) is 0 Å². The summed E-state index contributed by atoms with van der Waals surface area (Å²) < 4.78 is 1.26. The zero-order valence-electron chi connectivity index (χ0n) is 15.1. The lowest BCUT2D eigenvalue weighted by Crippen LogP contribution is -2.36. The first-order valence-electron chi connectivity index (χ1n) is 8.52. The number of carbonyl (C=O) groups is 2. The fourth-order valence-corrected chi connectivity index (χ4v) is 3.30. The molecule has 0 bridgehead atoms. The maximum Gasteiger partial charge on any atom is 0.276 e. The molecule has 7 nitrogen and oxygen atoms in total. The van der Waals surface area contributed by atoms with Crippen LogP contribution in [-0.4, -0.2) is 22.3 Å². The largest absolute Gasteiger partial charge is 0.317 e. The quantitative estimate of drug-likeness (QED) is 0.665. The molecule has 7 heteroatoms. The van der Waals surface area contributed by atoms with Crippen LogP contribution in [0.15, 0.2) is 46.2 Å². The summed E-state index contributed by atoms with van der Waals surface area (Å²) >= 11 is 0. The van der Waals surface area contributed by atoms with Gasteiger partial charge in [-0.15, -0.1) is 0 Å². The first-order valence-corrected chi connectivity index (χ1v) is 8.52. The van der Waals surface area contributed by atoms with E-state index in [2.05, 4.69) is 10.3 Å². The molecule has 0 fully saturated rings. The van der Waals surface area contributed by atoms with Crippen LogP contribution < -0.4 is 10.9 Å². The third-order valence-corrected chi connectivity index (χ3v) is 4.55. The molecule has 138 valence electrons. The molecule has 1 N–H and O–H groups in total. The molecular weight excluding hydrogens is 346 g/mol. The van der Waals surface area contributed by atoms with Crippen LogP contribution >= 0.6 is 0 Å². The Morgan fingerprint density at radius 1 is 1.22 bits per heavy atom. The minimum atomic E-state index is -0.512. The second kappa shape index (κ2) is 7.13. The van der Waals surface area contributed by atoms with E-state index < -0.39 is 11.5 Å².